The third-order valence-electron chi connectivity index (χ3n) is 3.19. The van der Waals surface area contributed by atoms with Crippen molar-refractivity contribution in [1.82, 2.24) is 0 Å². The van der Waals surface area contributed by atoms with E-state index in [-0.39, 0.29) is 11.5 Å². The number of nitro groups is 1. The highest BCUT2D eigenvalue weighted by Crippen LogP contribution is 2.11. The fraction of sp³-hybridized carbons (Fsp3) is 1.00. The van der Waals surface area contributed by atoms with E-state index >= 15 is 0 Å². The van der Waals surface area contributed by atoms with Crippen LogP contribution in [0.4, 0.5) is 0 Å². The Labute approximate surface area is 127 Å². The molecule has 0 atom stereocenters. The zero-order valence-electron chi connectivity index (χ0n) is 13.2. The molecule has 0 rings (SSSR count). The molecule has 0 aliphatic carbocycles. The van der Waals surface area contributed by atoms with Crippen LogP contribution in [0.1, 0.15) is 84.0 Å². The second-order valence-electron chi connectivity index (χ2n) is 5.18. The molecular weight excluding hydrogens is 276 g/mol. The van der Waals surface area contributed by atoms with Gasteiger partial charge in [0.25, 0.3) is 5.09 Å². The predicted molar refractivity (Wildman–Crippen MR) is 81.7 cm³/mol. The van der Waals surface area contributed by atoms with Gasteiger partial charge in [0, 0.05) is 11.3 Å². The summed E-state index contributed by atoms with van der Waals surface area (Å²) in [5.41, 5.74) is 0. The average Bonchev–Trinajstić information content (AvgIpc) is 2.39. The molecule has 1 N–H and O–H groups in total. The van der Waals surface area contributed by atoms with E-state index in [2.05, 4.69) is 6.92 Å². The van der Waals surface area contributed by atoms with Crippen LogP contribution >= 0.6 is 0 Å². The molecule has 0 aliphatic heterocycles. The summed E-state index contributed by atoms with van der Waals surface area (Å²) in [4.78, 5) is 18.2. The molecule has 0 saturated carbocycles. The average molecular weight is 306 g/mol. The van der Waals surface area contributed by atoms with Crippen molar-refractivity contribution in [2.45, 2.75) is 84.0 Å². The van der Waals surface area contributed by atoms with Gasteiger partial charge in [-0.25, -0.2) is 0 Å². The Balaban J connectivity index is 0. The summed E-state index contributed by atoms with van der Waals surface area (Å²) in [5, 5.41) is 23.7. The van der Waals surface area contributed by atoms with Crippen molar-refractivity contribution in [2.24, 2.45) is 0 Å². The van der Waals surface area contributed by atoms with Gasteiger partial charge in [-0.1, -0.05) is 71.1 Å². The number of unbranched alkanes of at least 4 members (excludes halogenated alkanes) is 11. The zero-order chi connectivity index (χ0) is 16.3. The fourth-order valence-corrected chi connectivity index (χ4v) is 2.08. The fourth-order valence-electron chi connectivity index (χ4n) is 2.08. The van der Waals surface area contributed by atoms with Crippen molar-refractivity contribution in [2.75, 3.05) is 6.54 Å². The topological polar surface area (TPSA) is 107 Å². The molecule has 0 saturated heterocycles. The molecule has 0 unspecified atom stereocenters. The molecule has 126 valence electrons. The number of hydrogen-bond donors (Lipinski definition) is 1. The molecule has 0 fully saturated rings. The lowest BCUT2D eigenvalue weighted by Crippen LogP contribution is -1.99. The molecule has 0 heterocycles. The van der Waals surface area contributed by atoms with E-state index in [9.17, 15) is 10.1 Å². The number of nitrogens with zero attached hydrogens (tertiary/aromatic N) is 2. The maximum atomic E-state index is 10.1. The van der Waals surface area contributed by atoms with E-state index in [0.29, 0.717) is 0 Å². The molecule has 0 radical (unpaired) electrons. The van der Waals surface area contributed by atoms with Crippen molar-refractivity contribution in [3.63, 3.8) is 0 Å². The Hall–Kier alpha value is -1.40. The van der Waals surface area contributed by atoms with Crippen LogP contribution in [0, 0.1) is 20.2 Å². The first-order valence-corrected chi connectivity index (χ1v) is 7.95. The summed E-state index contributed by atoms with van der Waals surface area (Å²) in [6.45, 7) is 2.40. The molecule has 0 aromatic carbocycles. The highest BCUT2D eigenvalue weighted by atomic mass is 16.9. The standard InChI is InChI=1S/C14H29NO2.HNO3/c1-2-3-4-5-6-7-8-9-10-11-12-13-14-15(16)17;2-1(3)4/h2-14H2,1H3;(H,2,3,4). The SMILES string of the molecule is CCCCCCCCCCCCCC[N+](=O)[O-].O=[N+]([O-])O. The third-order valence-corrected chi connectivity index (χ3v) is 3.19. The zero-order valence-corrected chi connectivity index (χ0v) is 13.2. The lowest BCUT2D eigenvalue weighted by Gasteiger charge is -2.01. The second kappa shape index (κ2) is 18.6. The minimum Gasteiger partial charge on any atom is -0.328 e. The minimum absolute atomic E-state index is 0.150. The predicted octanol–water partition coefficient (Wildman–Crippen LogP) is 4.62. The van der Waals surface area contributed by atoms with Gasteiger partial charge in [0.1, 0.15) is 0 Å². The Morgan fingerprint density at radius 1 is 0.714 bits per heavy atom. The third kappa shape index (κ3) is 32.3. The van der Waals surface area contributed by atoms with Crippen molar-refractivity contribution in [3.05, 3.63) is 20.2 Å². The Morgan fingerprint density at radius 3 is 1.29 bits per heavy atom. The van der Waals surface area contributed by atoms with Crippen molar-refractivity contribution in [1.29, 1.82) is 0 Å². The van der Waals surface area contributed by atoms with Crippen LogP contribution in [0.5, 0.6) is 0 Å². The van der Waals surface area contributed by atoms with Gasteiger partial charge in [0.15, 0.2) is 0 Å². The molecule has 0 spiro atoms. The summed E-state index contributed by atoms with van der Waals surface area (Å²) in [6, 6.07) is 0. The van der Waals surface area contributed by atoms with Crippen LogP contribution in [0.2, 0.25) is 0 Å². The largest absolute Gasteiger partial charge is 0.328 e. The van der Waals surface area contributed by atoms with E-state index in [1.54, 1.807) is 0 Å². The van der Waals surface area contributed by atoms with Crippen LogP contribution in [0.15, 0.2) is 0 Å². The monoisotopic (exact) mass is 306 g/mol. The molecule has 21 heavy (non-hydrogen) atoms. The quantitative estimate of drug-likeness (QED) is 0.303. The summed E-state index contributed by atoms with van der Waals surface area (Å²) in [6.07, 6.45) is 15.1. The van der Waals surface area contributed by atoms with Crippen LogP contribution in [-0.4, -0.2) is 21.8 Å². The van der Waals surface area contributed by atoms with Gasteiger partial charge in [-0.2, -0.15) is 0 Å². The molecule has 0 amide bonds. The van der Waals surface area contributed by atoms with Gasteiger partial charge in [-0.3, -0.25) is 10.1 Å². The molecule has 0 aliphatic rings. The lowest BCUT2D eigenvalue weighted by molar-refractivity contribution is -0.742. The van der Waals surface area contributed by atoms with E-state index in [0.717, 1.165) is 12.8 Å². The number of rotatable bonds is 13. The first-order valence-electron chi connectivity index (χ1n) is 7.95. The van der Waals surface area contributed by atoms with E-state index in [1.165, 1.54) is 64.2 Å². The van der Waals surface area contributed by atoms with Crippen molar-refractivity contribution in [3.8, 4) is 0 Å². The van der Waals surface area contributed by atoms with Gasteiger partial charge in [-0.15, -0.1) is 10.1 Å². The molecule has 0 aromatic rings. The van der Waals surface area contributed by atoms with Crippen LogP contribution in [0.3, 0.4) is 0 Å². The first-order chi connectivity index (χ1) is 10.0. The molecule has 7 nitrogen and oxygen atoms in total. The highest BCUT2D eigenvalue weighted by Gasteiger charge is 1.97. The van der Waals surface area contributed by atoms with Crippen molar-refractivity contribution >= 4 is 0 Å². The molecule has 7 heteroatoms. The van der Waals surface area contributed by atoms with Crippen LogP contribution in [-0.2, 0) is 0 Å². The summed E-state index contributed by atoms with van der Waals surface area (Å²) < 4.78 is 0. The van der Waals surface area contributed by atoms with Gasteiger partial charge < -0.3 is 5.21 Å². The number of hydrogen-bond acceptors (Lipinski definition) is 4. The first kappa shape index (κ1) is 21.9. The molecule has 0 bridgehead atoms. The van der Waals surface area contributed by atoms with Gasteiger partial charge in [0.05, 0.1) is 0 Å². The van der Waals surface area contributed by atoms with Gasteiger partial charge >= 0.3 is 0 Å². The maximum Gasteiger partial charge on any atom is 0.291 e. The minimum atomic E-state index is -1.50. The lowest BCUT2D eigenvalue weighted by atomic mass is 10.1. The van der Waals surface area contributed by atoms with E-state index in [1.807, 2.05) is 0 Å². The Morgan fingerprint density at radius 2 is 1.00 bits per heavy atom. The van der Waals surface area contributed by atoms with Crippen LogP contribution < -0.4 is 0 Å². The van der Waals surface area contributed by atoms with Gasteiger partial charge in [-0.05, 0) is 6.42 Å². The second-order valence-corrected chi connectivity index (χ2v) is 5.18. The summed E-state index contributed by atoms with van der Waals surface area (Å²) in [7, 11) is 0. The summed E-state index contributed by atoms with van der Waals surface area (Å²) >= 11 is 0. The Kier molecular flexibility index (Phi) is 19.4. The summed E-state index contributed by atoms with van der Waals surface area (Å²) in [5.74, 6) is 0. The van der Waals surface area contributed by atoms with E-state index in [4.69, 9.17) is 15.3 Å². The van der Waals surface area contributed by atoms with E-state index < -0.39 is 5.09 Å². The van der Waals surface area contributed by atoms with Gasteiger partial charge in [0.2, 0.25) is 6.54 Å². The molecule has 0 aromatic heterocycles. The smallest absolute Gasteiger partial charge is 0.291 e. The normalized spacial score (nSPS) is 9.76. The Bertz CT molecular complexity index is 246. The highest BCUT2D eigenvalue weighted by molar-refractivity contribution is 4.48. The van der Waals surface area contributed by atoms with Crippen LogP contribution in [0.25, 0.3) is 0 Å². The van der Waals surface area contributed by atoms with Crippen molar-refractivity contribution < 1.29 is 15.2 Å². The maximum absolute atomic E-state index is 10.1. The molecular formula is C14H30N2O5.